The predicted molar refractivity (Wildman–Crippen MR) is 89.2 cm³/mol. The molecular formula is C18H19F3N2S. The molecule has 6 heteroatoms. The smallest absolute Gasteiger partial charge is 0.300 e. The van der Waals surface area contributed by atoms with E-state index in [1.54, 1.807) is 11.3 Å². The van der Waals surface area contributed by atoms with Gasteiger partial charge in [-0.25, -0.2) is 4.98 Å². The molecule has 0 bridgehead atoms. The van der Waals surface area contributed by atoms with Gasteiger partial charge in [0.15, 0.2) is 0 Å². The summed E-state index contributed by atoms with van der Waals surface area (Å²) in [5, 5.41) is 0.839. The number of aromatic nitrogens is 1. The summed E-state index contributed by atoms with van der Waals surface area (Å²) in [7, 11) is 0. The van der Waals surface area contributed by atoms with Gasteiger partial charge in [-0.1, -0.05) is 18.6 Å². The number of nitrogens with zero attached hydrogens (tertiary/aromatic N) is 2. The van der Waals surface area contributed by atoms with Gasteiger partial charge in [0, 0.05) is 36.0 Å². The van der Waals surface area contributed by atoms with Crippen molar-refractivity contribution in [3.8, 4) is 10.6 Å². The first-order valence-corrected chi connectivity index (χ1v) is 9.22. The van der Waals surface area contributed by atoms with E-state index in [4.69, 9.17) is 4.98 Å². The second kappa shape index (κ2) is 6.15. The summed E-state index contributed by atoms with van der Waals surface area (Å²) in [5.41, 5.74) is 1.30. The summed E-state index contributed by atoms with van der Waals surface area (Å²) in [5.74, 6) is 0. The number of hydrogen-bond acceptors (Lipinski definition) is 3. The number of fused-ring (bicyclic) bond motifs is 1. The first-order chi connectivity index (χ1) is 11.5. The van der Waals surface area contributed by atoms with Crippen LogP contribution in [0.15, 0.2) is 24.3 Å². The minimum Gasteiger partial charge on any atom is -0.300 e. The number of thiazole rings is 1. The van der Waals surface area contributed by atoms with E-state index in [9.17, 15) is 13.2 Å². The Morgan fingerprint density at radius 2 is 1.75 bits per heavy atom. The highest BCUT2D eigenvalue weighted by Crippen LogP contribution is 2.35. The van der Waals surface area contributed by atoms with Gasteiger partial charge in [0.1, 0.15) is 5.01 Å². The Hall–Kier alpha value is -1.40. The number of halogens is 3. The molecule has 0 amide bonds. The summed E-state index contributed by atoms with van der Waals surface area (Å²) in [6, 6.07) is 6.09. The van der Waals surface area contributed by atoms with Gasteiger partial charge in [0.05, 0.1) is 11.3 Å². The lowest BCUT2D eigenvalue weighted by Crippen LogP contribution is -2.41. The predicted octanol–water partition coefficient (Wildman–Crippen LogP) is 4.78. The lowest BCUT2D eigenvalue weighted by molar-refractivity contribution is -0.137. The summed E-state index contributed by atoms with van der Waals surface area (Å²) in [4.78, 5) is 8.60. The van der Waals surface area contributed by atoms with E-state index < -0.39 is 11.7 Å². The highest BCUT2D eigenvalue weighted by molar-refractivity contribution is 7.15. The van der Waals surface area contributed by atoms with Crippen LogP contribution in [0.4, 0.5) is 13.2 Å². The van der Waals surface area contributed by atoms with Gasteiger partial charge in [-0.3, -0.25) is 4.90 Å². The molecule has 0 atom stereocenters. The first-order valence-electron chi connectivity index (χ1n) is 8.41. The Kier molecular flexibility index (Phi) is 4.12. The van der Waals surface area contributed by atoms with Crippen molar-refractivity contribution >= 4 is 11.3 Å². The molecule has 0 saturated heterocycles. The molecule has 1 aliphatic heterocycles. The molecule has 1 saturated carbocycles. The van der Waals surface area contributed by atoms with E-state index >= 15 is 0 Å². The van der Waals surface area contributed by atoms with Crippen molar-refractivity contribution in [2.75, 3.05) is 13.1 Å². The molecule has 1 aromatic heterocycles. The standard InChI is InChI=1S/C18H19F3N2S/c19-18(20,21)13-6-4-12(5-7-13)17-22-15-8-10-23(14-2-1-3-14)11-9-16(15)24-17/h4-7,14H,1-3,8-11H2. The summed E-state index contributed by atoms with van der Waals surface area (Å²) >= 11 is 1.64. The number of rotatable bonds is 2. The van der Waals surface area contributed by atoms with E-state index in [0.717, 1.165) is 60.4 Å². The number of alkyl halides is 3. The largest absolute Gasteiger partial charge is 0.416 e. The summed E-state index contributed by atoms with van der Waals surface area (Å²) < 4.78 is 38.0. The molecule has 2 aliphatic rings. The van der Waals surface area contributed by atoms with E-state index in [1.807, 2.05) is 0 Å². The van der Waals surface area contributed by atoms with Crippen molar-refractivity contribution in [1.82, 2.24) is 9.88 Å². The molecular weight excluding hydrogens is 333 g/mol. The van der Waals surface area contributed by atoms with Crippen LogP contribution in [-0.4, -0.2) is 29.0 Å². The zero-order chi connectivity index (χ0) is 16.7. The first kappa shape index (κ1) is 16.1. The molecule has 0 N–H and O–H groups in total. The van der Waals surface area contributed by atoms with Gasteiger partial charge in [-0.15, -0.1) is 11.3 Å². The van der Waals surface area contributed by atoms with E-state index in [-0.39, 0.29) is 0 Å². The lowest BCUT2D eigenvalue weighted by Gasteiger charge is -2.36. The molecule has 1 fully saturated rings. The molecule has 1 aromatic carbocycles. The van der Waals surface area contributed by atoms with E-state index in [0.29, 0.717) is 0 Å². The third-order valence-corrected chi connectivity index (χ3v) is 6.30. The maximum atomic E-state index is 12.7. The highest BCUT2D eigenvalue weighted by Gasteiger charge is 2.30. The van der Waals surface area contributed by atoms with Crippen LogP contribution in [0.3, 0.4) is 0 Å². The fraction of sp³-hybridized carbons (Fsp3) is 0.500. The van der Waals surface area contributed by atoms with Gasteiger partial charge >= 0.3 is 6.18 Å². The molecule has 4 rings (SSSR count). The average molecular weight is 352 g/mol. The van der Waals surface area contributed by atoms with Gasteiger partial charge < -0.3 is 0 Å². The quantitative estimate of drug-likeness (QED) is 0.773. The fourth-order valence-electron chi connectivity index (χ4n) is 3.42. The highest BCUT2D eigenvalue weighted by atomic mass is 32.1. The Balaban J connectivity index is 1.51. The molecule has 1 aliphatic carbocycles. The Bertz CT molecular complexity index is 691. The minimum atomic E-state index is -4.29. The molecule has 128 valence electrons. The third-order valence-electron chi connectivity index (χ3n) is 5.09. The maximum absolute atomic E-state index is 12.7. The SMILES string of the molecule is FC(F)(F)c1ccc(-c2nc3c(s2)CCN(C2CCC2)CC3)cc1. The topological polar surface area (TPSA) is 16.1 Å². The van der Waals surface area contributed by atoms with Gasteiger partial charge in [-0.2, -0.15) is 13.2 Å². The molecule has 24 heavy (non-hydrogen) atoms. The molecule has 0 unspecified atom stereocenters. The fourth-order valence-corrected chi connectivity index (χ4v) is 4.52. The van der Waals surface area contributed by atoms with Crippen LogP contribution in [0.5, 0.6) is 0 Å². The minimum absolute atomic E-state index is 0.611. The summed E-state index contributed by atoms with van der Waals surface area (Å²) in [6.07, 6.45) is 1.64. The Labute approximate surface area is 143 Å². The molecule has 2 aromatic rings. The normalized spacial score (nSPS) is 19.6. The van der Waals surface area contributed by atoms with Crippen molar-refractivity contribution in [3.63, 3.8) is 0 Å². The molecule has 0 spiro atoms. The van der Waals surface area contributed by atoms with Crippen molar-refractivity contribution < 1.29 is 13.2 Å². The van der Waals surface area contributed by atoms with Crippen LogP contribution in [0.1, 0.15) is 35.4 Å². The van der Waals surface area contributed by atoms with Crippen LogP contribution in [0.25, 0.3) is 10.6 Å². The van der Waals surface area contributed by atoms with Crippen LogP contribution >= 0.6 is 11.3 Å². The Morgan fingerprint density at radius 3 is 2.38 bits per heavy atom. The zero-order valence-electron chi connectivity index (χ0n) is 13.3. The van der Waals surface area contributed by atoms with E-state index in [2.05, 4.69) is 4.90 Å². The summed E-state index contributed by atoms with van der Waals surface area (Å²) in [6.45, 7) is 2.13. The van der Waals surface area contributed by atoms with Crippen LogP contribution < -0.4 is 0 Å². The van der Waals surface area contributed by atoms with Crippen molar-refractivity contribution in [1.29, 1.82) is 0 Å². The van der Waals surface area contributed by atoms with Crippen molar-refractivity contribution in [2.45, 2.75) is 44.3 Å². The van der Waals surface area contributed by atoms with E-state index in [1.165, 1.54) is 36.3 Å². The van der Waals surface area contributed by atoms with Crippen molar-refractivity contribution in [2.24, 2.45) is 0 Å². The number of benzene rings is 1. The van der Waals surface area contributed by atoms with Gasteiger partial charge in [0.25, 0.3) is 0 Å². The average Bonchev–Trinajstić information content (AvgIpc) is 2.81. The molecule has 2 heterocycles. The van der Waals surface area contributed by atoms with Gasteiger partial charge in [-0.05, 0) is 31.4 Å². The van der Waals surface area contributed by atoms with Crippen LogP contribution in [0.2, 0.25) is 0 Å². The molecule has 2 nitrogen and oxygen atoms in total. The third kappa shape index (κ3) is 3.09. The second-order valence-corrected chi connectivity index (χ2v) is 7.67. The Morgan fingerprint density at radius 1 is 1.04 bits per heavy atom. The van der Waals surface area contributed by atoms with Crippen LogP contribution in [-0.2, 0) is 19.0 Å². The lowest BCUT2D eigenvalue weighted by atomic mass is 9.91. The maximum Gasteiger partial charge on any atom is 0.416 e. The second-order valence-electron chi connectivity index (χ2n) is 6.58. The van der Waals surface area contributed by atoms with Gasteiger partial charge in [0.2, 0.25) is 0 Å². The van der Waals surface area contributed by atoms with Crippen molar-refractivity contribution in [3.05, 3.63) is 40.4 Å². The zero-order valence-corrected chi connectivity index (χ0v) is 14.1. The molecule has 0 radical (unpaired) electrons. The van der Waals surface area contributed by atoms with Crippen LogP contribution in [0, 0.1) is 0 Å². The monoisotopic (exact) mass is 352 g/mol. The number of hydrogen-bond donors (Lipinski definition) is 0.